The summed E-state index contributed by atoms with van der Waals surface area (Å²) in [4.78, 5) is 12.3. The molecule has 1 unspecified atom stereocenters. The van der Waals surface area contributed by atoms with Crippen molar-refractivity contribution >= 4 is 11.6 Å². The summed E-state index contributed by atoms with van der Waals surface area (Å²) in [6.07, 6.45) is 5.89. The monoisotopic (exact) mass is 304 g/mol. The van der Waals surface area contributed by atoms with Crippen LogP contribution in [0.4, 0.5) is 5.69 Å². The molecule has 0 spiro atoms. The van der Waals surface area contributed by atoms with E-state index >= 15 is 0 Å². The Morgan fingerprint density at radius 1 is 1.36 bits per heavy atom. The molecule has 0 bridgehead atoms. The lowest BCUT2D eigenvalue weighted by atomic mass is 9.98. The van der Waals surface area contributed by atoms with Crippen LogP contribution in [0.25, 0.3) is 0 Å². The SMILES string of the molecule is NC1(C(=O)Nc2cccc(OCC3CCCO3)c2)CCCC1. The predicted molar refractivity (Wildman–Crippen MR) is 84.9 cm³/mol. The predicted octanol–water partition coefficient (Wildman–Crippen LogP) is 2.45. The molecule has 1 aliphatic carbocycles. The van der Waals surface area contributed by atoms with Gasteiger partial charge in [0.1, 0.15) is 12.4 Å². The number of hydrogen-bond acceptors (Lipinski definition) is 4. The molecule has 22 heavy (non-hydrogen) atoms. The molecule has 1 heterocycles. The first-order valence-electron chi connectivity index (χ1n) is 8.10. The molecule has 3 N–H and O–H groups in total. The van der Waals surface area contributed by atoms with Crippen LogP contribution in [0.2, 0.25) is 0 Å². The average Bonchev–Trinajstić information content (AvgIpc) is 3.18. The normalized spacial score (nSPS) is 23.4. The number of rotatable bonds is 5. The van der Waals surface area contributed by atoms with Crippen LogP contribution in [-0.2, 0) is 9.53 Å². The quantitative estimate of drug-likeness (QED) is 0.876. The number of amides is 1. The van der Waals surface area contributed by atoms with E-state index in [1.807, 2.05) is 24.3 Å². The van der Waals surface area contributed by atoms with Crippen molar-refractivity contribution in [2.24, 2.45) is 5.73 Å². The molecule has 1 aromatic carbocycles. The molecule has 120 valence electrons. The molecule has 1 saturated heterocycles. The van der Waals surface area contributed by atoms with Crippen LogP contribution in [0, 0.1) is 0 Å². The Kier molecular flexibility index (Phi) is 4.64. The first-order valence-corrected chi connectivity index (χ1v) is 8.10. The standard InChI is InChI=1S/C17H24N2O3/c18-17(8-1-2-9-17)16(20)19-13-5-3-6-14(11-13)22-12-15-7-4-10-21-15/h3,5-6,11,15H,1-2,4,7-10,12,18H2,(H,19,20). The van der Waals surface area contributed by atoms with Crippen LogP contribution in [0.1, 0.15) is 38.5 Å². The number of carbonyl (C=O) groups excluding carboxylic acids is 1. The highest BCUT2D eigenvalue weighted by Gasteiger charge is 2.36. The fraction of sp³-hybridized carbons (Fsp3) is 0.588. The molecule has 2 fully saturated rings. The molecule has 5 nitrogen and oxygen atoms in total. The molecular weight excluding hydrogens is 280 g/mol. The summed E-state index contributed by atoms with van der Waals surface area (Å²) in [5, 5.41) is 2.92. The van der Waals surface area contributed by atoms with Crippen molar-refractivity contribution in [2.75, 3.05) is 18.5 Å². The Labute approximate surface area is 131 Å². The van der Waals surface area contributed by atoms with Gasteiger partial charge in [-0.1, -0.05) is 18.9 Å². The van der Waals surface area contributed by atoms with Crippen LogP contribution >= 0.6 is 0 Å². The van der Waals surface area contributed by atoms with Crippen molar-refractivity contribution in [1.82, 2.24) is 0 Å². The summed E-state index contributed by atoms with van der Waals surface area (Å²) in [5.74, 6) is 0.645. The van der Waals surface area contributed by atoms with E-state index in [0.717, 1.165) is 56.6 Å². The van der Waals surface area contributed by atoms with Crippen LogP contribution in [0.3, 0.4) is 0 Å². The molecule has 1 aromatic rings. The number of carbonyl (C=O) groups is 1. The van der Waals surface area contributed by atoms with Gasteiger partial charge in [-0.15, -0.1) is 0 Å². The molecule has 1 atom stereocenters. The van der Waals surface area contributed by atoms with Gasteiger partial charge in [-0.2, -0.15) is 0 Å². The van der Waals surface area contributed by atoms with E-state index in [-0.39, 0.29) is 12.0 Å². The van der Waals surface area contributed by atoms with Gasteiger partial charge in [-0.3, -0.25) is 4.79 Å². The van der Waals surface area contributed by atoms with Crippen LogP contribution in [0.15, 0.2) is 24.3 Å². The maximum atomic E-state index is 12.3. The molecule has 0 radical (unpaired) electrons. The molecule has 5 heteroatoms. The number of anilines is 1. The topological polar surface area (TPSA) is 73.6 Å². The van der Waals surface area contributed by atoms with Gasteiger partial charge in [0.25, 0.3) is 0 Å². The summed E-state index contributed by atoms with van der Waals surface area (Å²) in [6.45, 7) is 1.38. The van der Waals surface area contributed by atoms with Crippen molar-refractivity contribution in [2.45, 2.75) is 50.2 Å². The second-order valence-electron chi connectivity index (χ2n) is 6.29. The van der Waals surface area contributed by atoms with Crippen LogP contribution in [-0.4, -0.2) is 30.8 Å². The fourth-order valence-corrected chi connectivity index (χ4v) is 3.12. The van der Waals surface area contributed by atoms with E-state index in [9.17, 15) is 4.79 Å². The van der Waals surface area contributed by atoms with Crippen molar-refractivity contribution in [3.63, 3.8) is 0 Å². The molecule has 2 aliphatic rings. The highest BCUT2D eigenvalue weighted by atomic mass is 16.5. The van der Waals surface area contributed by atoms with E-state index in [0.29, 0.717) is 6.61 Å². The van der Waals surface area contributed by atoms with Crippen molar-refractivity contribution in [1.29, 1.82) is 0 Å². The zero-order valence-corrected chi connectivity index (χ0v) is 12.8. The molecular formula is C17H24N2O3. The average molecular weight is 304 g/mol. The van der Waals surface area contributed by atoms with Crippen LogP contribution < -0.4 is 15.8 Å². The molecule has 0 aromatic heterocycles. The largest absolute Gasteiger partial charge is 0.491 e. The van der Waals surface area contributed by atoms with Crippen molar-refractivity contribution in [3.05, 3.63) is 24.3 Å². The van der Waals surface area contributed by atoms with E-state index < -0.39 is 5.54 Å². The number of benzene rings is 1. The zero-order chi connectivity index (χ0) is 15.4. The molecule has 1 aliphatic heterocycles. The summed E-state index contributed by atoms with van der Waals surface area (Å²) in [6, 6.07) is 7.46. The Hall–Kier alpha value is -1.59. The maximum Gasteiger partial charge on any atom is 0.244 e. The van der Waals surface area contributed by atoms with E-state index in [4.69, 9.17) is 15.2 Å². The second-order valence-corrected chi connectivity index (χ2v) is 6.29. The van der Waals surface area contributed by atoms with Crippen molar-refractivity contribution < 1.29 is 14.3 Å². The van der Waals surface area contributed by atoms with Gasteiger partial charge in [0.15, 0.2) is 0 Å². The third-order valence-electron chi connectivity index (χ3n) is 4.50. The Morgan fingerprint density at radius 3 is 2.91 bits per heavy atom. The molecule has 1 saturated carbocycles. The molecule has 3 rings (SSSR count). The minimum absolute atomic E-state index is 0.0960. The van der Waals surface area contributed by atoms with E-state index in [1.165, 1.54) is 0 Å². The summed E-state index contributed by atoms with van der Waals surface area (Å²) in [7, 11) is 0. The van der Waals surface area contributed by atoms with Gasteiger partial charge < -0.3 is 20.5 Å². The van der Waals surface area contributed by atoms with Gasteiger partial charge in [0, 0.05) is 18.4 Å². The minimum atomic E-state index is -0.714. The fourth-order valence-electron chi connectivity index (χ4n) is 3.12. The summed E-state index contributed by atoms with van der Waals surface area (Å²) in [5.41, 5.74) is 6.18. The highest BCUT2D eigenvalue weighted by Crippen LogP contribution is 2.29. The minimum Gasteiger partial charge on any atom is -0.491 e. The van der Waals surface area contributed by atoms with Crippen molar-refractivity contribution in [3.8, 4) is 5.75 Å². The second kappa shape index (κ2) is 6.67. The first-order chi connectivity index (χ1) is 10.7. The Morgan fingerprint density at radius 2 is 2.18 bits per heavy atom. The maximum absolute atomic E-state index is 12.3. The van der Waals surface area contributed by atoms with E-state index in [1.54, 1.807) is 0 Å². The van der Waals surface area contributed by atoms with Gasteiger partial charge in [0.2, 0.25) is 5.91 Å². The first kappa shape index (κ1) is 15.3. The zero-order valence-electron chi connectivity index (χ0n) is 12.8. The van der Waals surface area contributed by atoms with Gasteiger partial charge in [0.05, 0.1) is 11.6 Å². The van der Waals surface area contributed by atoms with Gasteiger partial charge in [-0.25, -0.2) is 0 Å². The van der Waals surface area contributed by atoms with Gasteiger partial charge >= 0.3 is 0 Å². The number of ether oxygens (including phenoxy) is 2. The lowest BCUT2D eigenvalue weighted by Crippen LogP contribution is -2.48. The Bertz CT molecular complexity index is 520. The number of nitrogens with one attached hydrogen (secondary N) is 1. The summed E-state index contributed by atoms with van der Waals surface area (Å²) >= 11 is 0. The van der Waals surface area contributed by atoms with Gasteiger partial charge in [-0.05, 0) is 37.8 Å². The highest BCUT2D eigenvalue weighted by molar-refractivity contribution is 5.98. The van der Waals surface area contributed by atoms with E-state index in [2.05, 4.69) is 5.32 Å². The number of hydrogen-bond donors (Lipinski definition) is 2. The smallest absolute Gasteiger partial charge is 0.244 e. The molecule has 1 amide bonds. The third-order valence-corrected chi connectivity index (χ3v) is 4.50. The summed E-state index contributed by atoms with van der Waals surface area (Å²) < 4.78 is 11.3. The third kappa shape index (κ3) is 3.59. The Balaban J connectivity index is 1.57. The lowest BCUT2D eigenvalue weighted by molar-refractivity contribution is -0.121. The lowest BCUT2D eigenvalue weighted by Gasteiger charge is -2.22. The number of nitrogens with two attached hydrogens (primary N) is 1. The van der Waals surface area contributed by atoms with Crippen LogP contribution in [0.5, 0.6) is 5.75 Å².